The van der Waals surface area contributed by atoms with E-state index in [1.165, 1.54) is 12.1 Å². The molecule has 0 spiro atoms. The number of carbonyl (C=O) groups is 1. The maximum atomic E-state index is 12.9. The molecular formula is C13H12BrFN2OS. The molecule has 0 saturated carbocycles. The number of hydrogen-bond donors (Lipinski definition) is 2. The molecule has 3 nitrogen and oxygen atoms in total. The van der Waals surface area contributed by atoms with Gasteiger partial charge in [-0.2, -0.15) is 0 Å². The fourth-order valence-corrected chi connectivity index (χ4v) is 2.94. The van der Waals surface area contributed by atoms with E-state index in [9.17, 15) is 9.18 Å². The van der Waals surface area contributed by atoms with Gasteiger partial charge in [0.2, 0.25) is 5.91 Å². The number of carbonyl (C=O) groups excluding carboxylic acids is 1. The number of anilines is 1. The van der Waals surface area contributed by atoms with Crippen LogP contribution < -0.4 is 10.6 Å². The van der Waals surface area contributed by atoms with Crippen molar-refractivity contribution in [3.05, 3.63) is 50.9 Å². The lowest BCUT2D eigenvalue weighted by molar-refractivity contribution is -0.115. The minimum absolute atomic E-state index is 0.187. The molecule has 6 heteroatoms. The molecule has 0 radical (unpaired) electrons. The summed E-state index contributed by atoms with van der Waals surface area (Å²) in [6.45, 7) is 0.818. The van der Waals surface area contributed by atoms with E-state index in [1.807, 2.05) is 11.4 Å². The Morgan fingerprint density at radius 1 is 1.37 bits per heavy atom. The molecule has 0 aliphatic rings. The van der Waals surface area contributed by atoms with Crippen LogP contribution in [0.25, 0.3) is 0 Å². The van der Waals surface area contributed by atoms with E-state index in [4.69, 9.17) is 0 Å². The highest BCUT2D eigenvalue weighted by molar-refractivity contribution is 9.10. The quantitative estimate of drug-likeness (QED) is 0.874. The largest absolute Gasteiger partial charge is 0.325 e. The summed E-state index contributed by atoms with van der Waals surface area (Å²) in [5, 5.41) is 7.65. The molecule has 19 heavy (non-hydrogen) atoms. The Labute approximate surface area is 123 Å². The SMILES string of the molecule is O=C(CNCc1cc(Br)cs1)Nc1cccc(F)c1. The van der Waals surface area contributed by atoms with Crippen molar-refractivity contribution in [1.82, 2.24) is 5.32 Å². The fourth-order valence-electron chi connectivity index (χ4n) is 1.52. The van der Waals surface area contributed by atoms with Crippen molar-refractivity contribution in [2.75, 3.05) is 11.9 Å². The highest BCUT2D eigenvalue weighted by Gasteiger charge is 2.03. The number of halogens is 2. The van der Waals surface area contributed by atoms with Crippen molar-refractivity contribution in [2.24, 2.45) is 0 Å². The zero-order chi connectivity index (χ0) is 13.7. The molecule has 100 valence electrons. The number of benzene rings is 1. The van der Waals surface area contributed by atoms with Crippen molar-refractivity contribution >= 4 is 38.9 Å². The van der Waals surface area contributed by atoms with Crippen molar-refractivity contribution in [3.63, 3.8) is 0 Å². The van der Waals surface area contributed by atoms with E-state index in [0.717, 1.165) is 9.35 Å². The predicted molar refractivity (Wildman–Crippen MR) is 78.8 cm³/mol. The van der Waals surface area contributed by atoms with Crippen LogP contribution >= 0.6 is 27.3 Å². The Hall–Kier alpha value is -1.24. The number of rotatable bonds is 5. The second-order valence-electron chi connectivity index (χ2n) is 3.89. The van der Waals surface area contributed by atoms with Crippen molar-refractivity contribution in [3.8, 4) is 0 Å². The first-order valence-corrected chi connectivity index (χ1v) is 7.30. The van der Waals surface area contributed by atoms with Crippen LogP contribution in [0.5, 0.6) is 0 Å². The third kappa shape index (κ3) is 4.74. The van der Waals surface area contributed by atoms with Crippen LogP contribution in [-0.2, 0) is 11.3 Å². The van der Waals surface area contributed by atoms with Crippen LogP contribution in [-0.4, -0.2) is 12.5 Å². The van der Waals surface area contributed by atoms with Gasteiger partial charge in [-0.05, 0) is 40.2 Å². The monoisotopic (exact) mass is 342 g/mol. The van der Waals surface area contributed by atoms with Crippen molar-refractivity contribution in [1.29, 1.82) is 0 Å². The molecule has 0 bridgehead atoms. The Kier molecular flexibility index (Phi) is 5.07. The van der Waals surface area contributed by atoms with Crippen LogP contribution in [0.1, 0.15) is 4.88 Å². The average Bonchev–Trinajstić information content (AvgIpc) is 2.75. The third-order valence-electron chi connectivity index (χ3n) is 2.31. The van der Waals surface area contributed by atoms with Crippen LogP contribution in [0, 0.1) is 5.82 Å². The van der Waals surface area contributed by atoms with Gasteiger partial charge in [-0.15, -0.1) is 11.3 Å². The van der Waals surface area contributed by atoms with Crippen LogP contribution in [0.3, 0.4) is 0 Å². The number of hydrogen-bond acceptors (Lipinski definition) is 3. The van der Waals surface area contributed by atoms with Gasteiger partial charge in [0.05, 0.1) is 6.54 Å². The highest BCUT2D eigenvalue weighted by atomic mass is 79.9. The normalized spacial score (nSPS) is 10.4. The van der Waals surface area contributed by atoms with E-state index in [-0.39, 0.29) is 18.3 Å². The van der Waals surface area contributed by atoms with Crippen LogP contribution in [0.2, 0.25) is 0 Å². The van der Waals surface area contributed by atoms with E-state index in [0.29, 0.717) is 12.2 Å². The summed E-state index contributed by atoms with van der Waals surface area (Å²) in [5.41, 5.74) is 0.464. The standard InChI is InChI=1S/C13H12BrFN2OS/c14-9-4-12(19-8-9)6-16-7-13(18)17-11-3-1-2-10(15)5-11/h1-5,8,16H,6-7H2,(H,17,18). The van der Waals surface area contributed by atoms with Gasteiger partial charge < -0.3 is 10.6 Å². The summed E-state index contributed by atoms with van der Waals surface area (Å²) in [6.07, 6.45) is 0. The summed E-state index contributed by atoms with van der Waals surface area (Å²) in [6, 6.07) is 7.83. The van der Waals surface area contributed by atoms with Gasteiger partial charge in [0.15, 0.2) is 0 Å². The number of thiophene rings is 1. The molecule has 0 aliphatic carbocycles. The minimum Gasteiger partial charge on any atom is -0.325 e. The first kappa shape index (κ1) is 14.2. The van der Waals surface area contributed by atoms with Gasteiger partial charge >= 0.3 is 0 Å². The first-order valence-electron chi connectivity index (χ1n) is 5.62. The van der Waals surface area contributed by atoms with Gasteiger partial charge in [0.25, 0.3) is 0 Å². The van der Waals surface area contributed by atoms with Crippen LogP contribution in [0.4, 0.5) is 10.1 Å². The Balaban J connectivity index is 1.76. The molecular weight excluding hydrogens is 331 g/mol. The molecule has 0 unspecified atom stereocenters. The minimum atomic E-state index is -0.366. The summed E-state index contributed by atoms with van der Waals surface area (Å²) in [7, 11) is 0. The molecule has 0 aliphatic heterocycles. The molecule has 2 rings (SSSR count). The first-order chi connectivity index (χ1) is 9.13. The lowest BCUT2D eigenvalue weighted by Crippen LogP contribution is -2.27. The van der Waals surface area contributed by atoms with Crippen molar-refractivity contribution < 1.29 is 9.18 Å². The highest BCUT2D eigenvalue weighted by Crippen LogP contribution is 2.19. The second kappa shape index (κ2) is 6.79. The Morgan fingerprint density at radius 3 is 2.89 bits per heavy atom. The maximum absolute atomic E-state index is 12.9. The van der Waals surface area contributed by atoms with Gasteiger partial charge in [-0.25, -0.2) is 4.39 Å². The van der Waals surface area contributed by atoms with E-state index >= 15 is 0 Å². The fraction of sp³-hybridized carbons (Fsp3) is 0.154. The number of amides is 1. The summed E-state index contributed by atoms with van der Waals surface area (Å²) in [4.78, 5) is 12.8. The maximum Gasteiger partial charge on any atom is 0.238 e. The lowest BCUT2D eigenvalue weighted by Gasteiger charge is -2.06. The second-order valence-corrected chi connectivity index (χ2v) is 5.80. The summed E-state index contributed by atoms with van der Waals surface area (Å²) >= 11 is 4.99. The topological polar surface area (TPSA) is 41.1 Å². The predicted octanol–water partition coefficient (Wildman–Crippen LogP) is 3.38. The number of nitrogens with one attached hydrogen (secondary N) is 2. The van der Waals surface area contributed by atoms with E-state index < -0.39 is 0 Å². The van der Waals surface area contributed by atoms with Crippen molar-refractivity contribution in [2.45, 2.75) is 6.54 Å². The molecule has 0 fully saturated rings. The zero-order valence-electron chi connectivity index (χ0n) is 9.95. The summed E-state index contributed by atoms with van der Waals surface area (Å²) in [5.74, 6) is -0.560. The Bertz CT molecular complexity index is 573. The molecule has 0 atom stereocenters. The van der Waals surface area contributed by atoms with Crippen LogP contribution in [0.15, 0.2) is 40.2 Å². The van der Waals surface area contributed by atoms with Gasteiger partial charge in [-0.3, -0.25) is 4.79 Å². The molecule has 1 aromatic heterocycles. The van der Waals surface area contributed by atoms with Gasteiger partial charge in [0, 0.05) is 27.0 Å². The average molecular weight is 343 g/mol. The zero-order valence-corrected chi connectivity index (χ0v) is 12.4. The lowest BCUT2D eigenvalue weighted by atomic mass is 10.3. The molecule has 1 aromatic carbocycles. The molecule has 2 N–H and O–H groups in total. The summed E-state index contributed by atoms with van der Waals surface area (Å²) < 4.78 is 14.0. The van der Waals surface area contributed by atoms with Gasteiger partial charge in [0.1, 0.15) is 5.82 Å². The molecule has 2 aromatic rings. The third-order valence-corrected chi connectivity index (χ3v) is 4.01. The smallest absolute Gasteiger partial charge is 0.238 e. The Morgan fingerprint density at radius 2 is 2.21 bits per heavy atom. The van der Waals surface area contributed by atoms with Gasteiger partial charge in [-0.1, -0.05) is 6.07 Å². The molecule has 0 saturated heterocycles. The molecule has 1 heterocycles. The van der Waals surface area contributed by atoms with E-state index in [1.54, 1.807) is 23.5 Å². The molecule has 1 amide bonds. The van der Waals surface area contributed by atoms with E-state index in [2.05, 4.69) is 26.6 Å².